The maximum atomic E-state index is 12.4. The highest BCUT2D eigenvalue weighted by molar-refractivity contribution is 6.06. The monoisotopic (exact) mass is 387 g/mol. The summed E-state index contributed by atoms with van der Waals surface area (Å²) < 4.78 is 17.3. The summed E-state index contributed by atoms with van der Waals surface area (Å²) in [4.78, 5) is 14.6. The summed E-state index contributed by atoms with van der Waals surface area (Å²) in [6, 6.07) is 17.7. The van der Waals surface area contributed by atoms with Crippen LogP contribution in [0, 0.1) is 6.92 Å². The van der Waals surface area contributed by atoms with Crippen LogP contribution < -0.4 is 20.0 Å². The molecule has 5 rings (SSSR count). The van der Waals surface area contributed by atoms with Crippen LogP contribution in [0.15, 0.2) is 63.8 Å². The fraction of sp³-hybridized carbons (Fsp3) is 0.208. The number of hydrogen-bond donors (Lipinski definition) is 0. The fourth-order valence-electron chi connectivity index (χ4n) is 4.02. The first-order chi connectivity index (χ1) is 14.2. The Hall–Kier alpha value is -3.47. The first-order valence-electron chi connectivity index (χ1n) is 9.74. The van der Waals surface area contributed by atoms with Crippen molar-refractivity contribution in [1.29, 1.82) is 0 Å². The Labute approximate surface area is 168 Å². The molecule has 5 heteroatoms. The van der Waals surface area contributed by atoms with E-state index >= 15 is 0 Å². The lowest BCUT2D eigenvalue weighted by Crippen LogP contribution is -2.32. The normalized spacial score (nSPS) is 13.4. The van der Waals surface area contributed by atoms with Crippen molar-refractivity contribution < 1.29 is 13.9 Å². The van der Waals surface area contributed by atoms with E-state index in [0.29, 0.717) is 30.9 Å². The van der Waals surface area contributed by atoms with Gasteiger partial charge in [0.25, 0.3) is 0 Å². The minimum absolute atomic E-state index is 0.317. The largest absolute Gasteiger partial charge is 0.494 e. The van der Waals surface area contributed by atoms with E-state index in [2.05, 4.69) is 11.0 Å². The third kappa shape index (κ3) is 2.90. The first-order valence-corrected chi connectivity index (χ1v) is 9.74. The lowest BCUT2D eigenvalue weighted by molar-refractivity contribution is 0.287. The van der Waals surface area contributed by atoms with Gasteiger partial charge in [-0.15, -0.1) is 0 Å². The molecule has 146 valence electrons. The number of aryl methyl sites for hydroxylation is 1. The van der Waals surface area contributed by atoms with Crippen LogP contribution in [0.3, 0.4) is 0 Å². The molecule has 0 unspecified atom stereocenters. The molecule has 0 bridgehead atoms. The Morgan fingerprint density at radius 2 is 1.79 bits per heavy atom. The van der Waals surface area contributed by atoms with Crippen LogP contribution in [0.1, 0.15) is 18.1 Å². The molecule has 29 heavy (non-hydrogen) atoms. The summed E-state index contributed by atoms with van der Waals surface area (Å²) >= 11 is 0. The van der Waals surface area contributed by atoms with E-state index in [0.717, 1.165) is 39.1 Å². The molecule has 0 radical (unpaired) electrons. The summed E-state index contributed by atoms with van der Waals surface area (Å²) in [7, 11) is 0. The van der Waals surface area contributed by atoms with E-state index in [9.17, 15) is 4.79 Å². The van der Waals surface area contributed by atoms with Crippen LogP contribution in [0.4, 0.5) is 5.69 Å². The van der Waals surface area contributed by atoms with Crippen molar-refractivity contribution in [2.75, 3.05) is 18.2 Å². The molecule has 0 saturated heterocycles. The number of hydrogen-bond acceptors (Lipinski definition) is 5. The number of nitrogens with zero attached hydrogens (tertiary/aromatic N) is 1. The quantitative estimate of drug-likeness (QED) is 0.365. The van der Waals surface area contributed by atoms with Crippen LogP contribution >= 0.6 is 0 Å². The minimum Gasteiger partial charge on any atom is -0.494 e. The molecule has 0 fully saturated rings. The van der Waals surface area contributed by atoms with Crippen LogP contribution in [0.5, 0.6) is 11.5 Å². The van der Waals surface area contributed by atoms with Gasteiger partial charge < -0.3 is 18.8 Å². The van der Waals surface area contributed by atoms with E-state index in [4.69, 9.17) is 13.9 Å². The zero-order valence-electron chi connectivity index (χ0n) is 16.4. The van der Waals surface area contributed by atoms with Gasteiger partial charge in [0.05, 0.1) is 12.0 Å². The van der Waals surface area contributed by atoms with E-state index in [-0.39, 0.29) is 5.63 Å². The number of benzene rings is 3. The average molecular weight is 387 g/mol. The number of fused-ring (bicyclic) bond motifs is 4. The molecule has 3 aromatic carbocycles. The Kier molecular flexibility index (Phi) is 4.16. The predicted octanol–water partition coefficient (Wildman–Crippen LogP) is 5.01. The average Bonchev–Trinajstić information content (AvgIpc) is 2.75. The fourth-order valence-corrected chi connectivity index (χ4v) is 4.02. The summed E-state index contributed by atoms with van der Waals surface area (Å²) in [6.45, 7) is 5.72. The van der Waals surface area contributed by atoms with Gasteiger partial charge >= 0.3 is 5.63 Å². The molecule has 0 atom stereocenters. The Balaban J connectivity index is 1.60. The zero-order chi connectivity index (χ0) is 20.0. The van der Waals surface area contributed by atoms with E-state index < -0.39 is 0 Å². The summed E-state index contributed by atoms with van der Waals surface area (Å²) in [5.74, 6) is 1.66. The second-order valence-corrected chi connectivity index (χ2v) is 7.20. The first kappa shape index (κ1) is 17.6. The number of rotatable bonds is 3. The van der Waals surface area contributed by atoms with Crippen LogP contribution in [0.25, 0.3) is 21.7 Å². The third-order valence-electron chi connectivity index (χ3n) is 5.41. The second kappa shape index (κ2) is 6.85. The predicted molar refractivity (Wildman–Crippen MR) is 114 cm³/mol. The highest BCUT2D eigenvalue weighted by Crippen LogP contribution is 2.38. The smallest absolute Gasteiger partial charge is 0.344 e. The Bertz CT molecular complexity index is 1270. The molecule has 0 aliphatic carbocycles. The standard InChI is InChI=1S/C24H21NO4/c1-3-27-18-10-8-17(9-11-18)25-13-16-12-21-19-6-4-5-7-20(19)24(26)29-23(21)15(2)22(16)28-14-25/h4-12H,3,13-14H2,1-2H3. The Morgan fingerprint density at radius 3 is 2.55 bits per heavy atom. The molecule has 1 aromatic heterocycles. The van der Waals surface area contributed by atoms with Gasteiger partial charge in [-0.05, 0) is 55.6 Å². The molecule has 1 aliphatic rings. The lowest BCUT2D eigenvalue weighted by atomic mass is 10.00. The van der Waals surface area contributed by atoms with Crippen LogP contribution in [-0.2, 0) is 6.54 Å². The molecule has 2 heterocycles. The summed E-state index contributed by atoms with van der Waals surface area (Å²) in [5.41, 5.74) is 3.30. The molecule has 4 aromatic rings. The van der Waals surface area contributed by atoms with Crippen molar-refractivity contribution in [3.63, 3.8) is 0 Å². The number of ether oxygens (including phenoxy) is 2. The molecular formula is C24H21NO4. The van der Waals surface area contributed by atoms with Gasteiger partial charge in [-0.2, -0.15) is 0 Å². The molecule has 0 saturated carbocycles. The van der Waals surface area contributed by atoms with Crippen molar-refractivity contribution in [1.82, 2.24) is 0 Å². The van der Waals surface area contributed by atoms with Gasteiger partial charge in [-0.1, -0.05) is 18.2 Å². The topological polar surface area (TPSA) is 51.9 Å². The molecule has 0 amide bonds. The summed E-state index contributed by atoms with van der Waals surface area (Å²) in [5, 5.41) is 2.44. The van der Waals surface area contributed by atoms with Crippen molar-refractivity contribution in [3.8, 4) is 11.5 Å². The highest BCUT2D eigenvalue weighted by Gasteiger charge is 2.23. The van der Waals surface area contributed by atoms with Gasteiger partial charge in [0.1, 0.15) is 17.1 Å². The van der Waals surface area contributed by atoms with E-state index in [1.54, 1.807) is 6.07 Å². The van der Waals surface area contributed by atoms with Gasteiger partial charge in [-0.25, -0.2) is 4.79 Å². The molecule has 1 aliphatic heterocycles. The summed E-state index contributed by atoms with van der Waals surface area (Å²) in [6.07, 6.45) is 0. The Morgan fingerprint density at radius 1 is 1.03 bits per heavy atom. The van der Waals surface area contributed by atoms with E-state index in [1.807, 2.05) is 56.3 Å². The molecular weight excluding hydrogens is 366 g/mol. The molecule has 0 spiro atoms. The maximum Gasteiger partial charge on any atom is 0.344 e. The highest BCUT2D eigenvalue weighted by atomic mass is 16.5. The van der Waals surface area contributed by atoms with Crippen molar-refractivity contribution in [3.05, 3.63) is 76.1 Å². The minimum atomic E-state index is -0.317. The molecule has 5 nitrogen and oxygen atoms in total. The lowest BCUT2D eigenvalue weighted by Gasteiger charge is -2.32. The third-order valence-corrected chi connectivity index (χ3v) is 5.41. The number of anilines is 1. The van der Waals surface area contributed by atoms with E-state index in [1.165, 1.54) is 0 Å². The maximum absolute atomic E-state index is 12.4. The van der Waals surface area contributed by atoms with Crippen LogP contribution in [-0.4, -0.2) is 13.3 Å². The van der Waals surface area contributed by atoms with Crippen LogP contribution in [0.2, 0.25) is 0 Å². The van der Waals surface area contributed by atoms with Gasteiger partial charge in [0.2, 0.25) is 0 Å². The van der Waals surface area contributed by atoms with Gasteiger partial charge in [-0.3, -0.25) is 0 Å². The van der Waals surface area contributed by atoms with Crippen molar-refractivity contribution >= 4 is 27.4 Å². The van der Waals surface area contributed by atoms with Crippen molar-refractivity contribution in [2.24, 2.45) is 0 Å². The molecule has 0 N–H and O–H groups in total. The van der Waals surface area contributed by atoms with Gasteiger partial charge in [0.15, 0.2) is 6.73 Å². The van der Waals surface area contributed by atoms with Crippen molar-refractivity contribution in [2.45, 2.75) is 20.4 Å². The second-order valence-electron chi connectivity index (χ2n) is 7.20. The van der Waals surface area contributed by atoms with Gasteiger partial charge in [0, 0.05) is 28.7 Å². The SMILES string of the molecule is CCOc1ccc(N2COc3c(cc4c(oc(=O)c5ccccc54)c3C)C2)cc1. The zero-order valence-corrected chi connectivity index (χ0v) is 16.4.